The second-order valence-corrected chi connectivity index (χ2v) is 4.15. The van der Waals surface area contributed by atoms with Gasteiger partial charge in [-0.2, -0.15) is 0 Å². The van der Waals surface area contributed by atoms with Gasteiger partial charge in [-0.3, -0.25) is 0 Å². The smallest absolute Gasteiger partial charge is 0.126 e. The maximum atomic E-state index is 13.2. The average molecular weight is 209 g/mol. The van der Waals surface area contributed by atoms with Gasteiger partial charge >= 0.3 is 0 Å². The van der Waals surface area contributed by atoms with Crippen LogP contribution in [-0.4, -0.2) is 6.04 Å². The van der Waals surface area contributed by atoms with E-state index in [1.165, 1.54) is 6.42 Å². The molecule has 1 N–H and O–H groups in total. The van der Waals surface area contributed by atoms with Crippen LogP contribution in [0.3, 0.4) is 0 Å². The Morgan fingerprint density at radius 3 is 2.73 bits per heavy atom. The van der Waals surface area contributed by atoms with Gasteiger partial charge in [-0.05, 0) is 37.5 Å². The molecule has 0 radical (unpaired) electrons. The minimum Gasteiger partial charge on any atom is -0.310 e. The highest BCUT2D eigenvalue weighted by Crippen LogP contribution is 2.09. The molecule has 0 amide bonds. The summed E-state index contributed by atoms with van der Waals surface area (Å²) in [5.74, 6) is -0.113. The number of rotatable bonds is 5. The van der Waals surface area contributed by atoms with Gasteiger partial charge in [-0.1, -0.05) is 25.5 Å². The third kappa shape index (κ3) is 4.00. The fraction of sp³-hybridized carbons (Fsp3) is 0.538. The number of hydrogen-bond donors (Lipinski definition) is 1. The Balaban J connectivity index is 2.47. The molecule has 0 aliphatic rings. The Morgan fingerprint density at radius 2 is 2.13 bits per heavy atom. The lowest BCUT2D eigenvalue weighted by atomic mass is 10.1. The first-order valence-electron chi connectivity index (χ1n) is 5.62. The van der Waals surface area contributed by atoms with Gasteiger partial charge in [0.1, 0.15) is 5.82 Å². The lowest BCUT2D eigenvalue weighted by molar-refractivity contribution is 0.507. The van der Waals surface area contributed by atoms with E-state index in [-0.39, 0.29) is 5.82 Å². The van der Waals surface area contributed by atoms with Crippen molar-refractivity contribution in [3.63, 3.8) is 0 Å². The monoisotopic (exact) mass is 209 g/mol. The molecule has 0 bridgehead atoms. The van der Waals surface area contributed by atoms with Gasteiger partial charge in [0.25, 0.3) is 0 Å². The van der Waals surface area contributed by atoms with Crippen LogP contribution in [0.1, 0.15) is 37.8 Å². The van der Waals surface area contributed by atoms with E-state index in [9.17, 15) is 4.39 Å². The van der Waals surface area contributed by atoms with Crippen LogP contribution >= 0.6 is 0 Å². The molecule has 15 heavy (non-hydrogen) atoms. The highest BCUT2D eigenvalue weighted by Gasteiger charge is 2.02. The molecule has 0 saturated heterocycles. The molecule has 0 fully saturated rings. The second-order valence-electron chi connectivity index (χ2n) is 4.15. The molecule has 1 aromatic carbocycles. The van der Waals surface area contributed by atoms with Crippen LogP contribution in [0.25, 0.3) is 0 Å². The van der Waals surface area contributed by atoms with Gasteiger partial charge in [0, 0.05) is 12.6 Å². The van der Waals surface area contributed by atoms with Crippen LogP contribution in [0.5, 0.6) is 0 Å². The Bertz CT molecular complexity index is 309. The fourth-order valence-electron chi connectivity index (χ4n) is 1.57. The molecule has 0 aromatic heterocycles. The van der Waals surface area contributed by atoms with Crippen LogP contribution in [0.2, 0.25) is 0 Å². The molecule has 0 aliphatic carbocycles. The number of aryl methyl sites for hydroxylation is 1. The van der Waals surface area contributed by atoms with Gasteiger partial charge in [0.2, 0.25) is 0 Å². The highest BCUT2D eigenvalue weighted by molar-refractivity contribution is 5.23. The summed E-state index contributed by atoms with van der Waals surface area (Å²) in [6.07, 6.45) is 2.34. The van der Waals surface area contributed by atoms with E-state index < -0.39 is 0 Å². The lowest BCUT2D eigenvalue weighted by Gasteiger charge is -2.12. The first kappa shape index (κ1) is 12.2. The maximum absolute atomic E-state index is 13.2. The standard InChI is InChI=1S/C13H20FN/c1-4-5-11(3)15-9-12-7-6-10(2)13(14)8-12/h6-8,11,15H,4-5,9H2,1-3H3. The summed E-state index contributed by atoms with van der Waals surface area (Å²) < 4.78 is 13.2. The molecule has 84 valence electrons. The first-order valence-corrected chi connectivity index (χ1v) is 5.62. The predicted octanol–water partition coefficient (Wildman–Crippen LogP) is 3.41. The summed E-state index contributed by atoms with van der Waals surface area (Å²) in [4.78, 5) is 0. The van der Waals surface area contributed by atoms with Crippen molar-refractivity contribution < 1.29 is 4.39 Å². The number of nitrogens with one attached hydrogen (secondary N) is 1. The second kappa shape index (κ2) is 5.86. The van der Waals surface area contributed by atoms with Crippen LogP contribution in [0, 0.1) is 12.7 Å². The van der Waals surface area contributed by atoms with E-state index in [2.05, 4.69) is 19.2 Å². The zero-order valence-corrected chi connectivity index (χ0v) is 9.81. The topological polar surface area (TPSA) is 12.0 Å². The van der Waals surface area contributed by atoms with Gasteiger partial charge in [-0.15, -0.1) is 0 Å². The summed E-state index contributed by atoms with van der Waals surface area (Å²) in [6.45, 7) is 6.86. The molecule has 1 unspecified atom stereocenters. The van der Waals surface area contributed by atoms with E-state index in [1.54, 1.807) is 13.0 Å². The summed E-state index contributed by atoms with van der Waals surface area (Å²) in [7, 11) is 0. The third-order valence-electron chi connectivity index (χ3n) is 2.61. The summed E-state index contributed by atoms with van der Waals surface area (Å²) >= 11 is 0. The normalized spacial score (nSPS) is 12.8. The number of benzene rings is 1. The van der Waals surface area contributed by atoms with Gasteiger partial charge in [0.05, 0.1) is 0 Å². The van der Waals surface area contributed by atoms with Crippen LogP contribution in [-0.2, 0) is 6.54 Å². The van der Waals surface area contributed by atoms with Crippen molar-refractivity contribution in [2.45, 2.75) is 46.2 Å². The van der Waals surface area contributed by atoms with Crippen molar-refractivity contribution in [1.82, 2.24) is 5.32 Å². The zero-order valence-electron chi connectivity index (χ0n) is 9.81. The van der Waals surface area contributed by atoms with Crippen molar-refractivity contribution in [3.05, 3.63) is 35.1 Å². The van der Waals surface area contributed by atoms with E-state index >= 15 is 0 Å². The summed E-state index contributed by atoms with van der Waals surface area (Å²) in [5.41, 5.74) is 1.72. The Labute approximate surface area is 91.7 Å². The molecule has 1 aromatic rings. The largest absolute Gasteiger partial charge is 0.310 e. The minimum absolute atomic E-state index is 0.113. The van der Waals surface area contributed by atoms with Gasteiger partial charge in [0.15, 0.2) is 0 Å². The Hall–Kier alpha value is -0.890. The summed E-state index contributed by atoms with van der Waals surface area (Å²) in [6, 6.07) is 5.92. The van der Waals surface area contributed by atoms with Crippen molar-refractivity contribution in [3.8, 4) is 0 Å². The maximum Gasteiger partial charge on any atom is 0.126 e. The van der Waals surface area contributed by atoms with Crippen molar-refractivity contribution >= 4 is 0 Å². The van der Waals surface area contributed by atoms with Crippen LogP contribution in [0.4, 0.5) is 4.39 Å². The molecule has 0 aliphatic heterocycles. The van der Waals surface area contributed by atoms with E-state index in [1.807, 2.05) is 12.1 Å². The molecule has 1 nitrogen and oxygen atoms in total. The molecule has 0 heterocycles. The SMILES string of the molecule is CCCC(C)NCc1ccc(C)c(F)c1. The van der Waals surface area contributed by atoms with Crippen molar-refractivity contribution in [1.29, 1.82) is 0 Å². The van der Waals surface area contributed by atoms with Gasteiger partial charge in [-0.25, -0.2) is 4.39 Å². The van der Waals surface area contributed by atoms with E-state index in [4.69, 9.17) is 0 Å². The molecular formula is C13H20FN. The van der Waals surface area contributed by atoms with Crippen LogP contribution < -0.4 is 5.32 Å². The Kier molecular flexibility index (Phi) is 4.76. The highest BCUT2D eigenvalue weighted by atomic mass is 19.1. The van der Waals surface area contributed by atoms with Crippen molar-refractivity contribution in [2.75, 3.05) is 0 Å². The molecular weight excluding hydrogens is 189 g/mol. The first-order chi connectivity index (χ1) is 7.13. The molecule has 1 atom stereocenters. The molecule has 0 spiro atoms. The number of hydrogen-bond acceptors (Lipinski definition) is 1. The minimum atomic E-state index is -0.113. The molecule has 0 saturated carbocycles. The number of halogens is 1. The summed E-state index contributed by atoms with van der Waals surface area (Å²) in [5, 5.41) is 3.38. The molecule has 1 rings (SSSR count). The zero-order chi connectivity index (χ0) is 11.3. The van der Waals surface area contributed by atoms with Crippen molar-refractivity contribution in [2.24, 2.45) is 0 Å². The van der Waals surface area contributed by atoms with E-state index in [0.717, 1.165) is 18.5 Å². The predicted molar refractivity (Wildman–Crippen MR) is 62.3 cm³/mol. The molecule has 2 heteroatoms. The van der Waals surface area contributed by atoms with Gasteiger partial charge < -0.3 is 5.32 Å². The quantitative estimate of drug-likeness (QED) is 0.783. The fourth-order valence-corrected chi connectivity index (χ4v) is 1.57. The average Bonchev–Trinajstić information content (AvgIpc) is 2.20. The van der Waals surface area contributed by atoms with Crippen LogP contribution in [0.15, 0.2) is 18.2 Å². The third-order valence-corrected chi connectivity index (χ3v) is 2.61. The van der Waals surface area contributed by atoms with E-state index in [0.29, 0.717) is 11.6 Å². The Morgan fingerprint density at radius 1 is 1.40 bits per heavy atom. The lowest BCUT2D eigenvalue weighted by Crippen LogP contribution is -2.25.